The molecule has 0 amide bonds. The van der Waals surface area contributed by atoms with Crippen LogP contribution in [0, 0.1) is 0 Å². The average Bonchev–Trinajstić information content (AvgIpc) is 2.53. The summed E-state index contributed by atoms with van der Waals surface area (Å²) in [5.74, 6) is 0.368. The summed E-state index contributed by atoms with van der Waals surface area (Å²) in [5, 5.41) is 19.3. The number of methoxy groups -OCH3 is 2. The summed E-state index contributed by atoms with van der Waals surface area (Å²) >= 11 is 0. The van der Waals surface area contributed by atoms with Crippen LogP contribution in [0.25, 0.3) is 6.08 Å². The molecule has 0 aliphatic carbocycles. The monoisotopic (exact) mass is 300 g/mol. The van der Waals surface area contributed by atoms with Gasteiger partial charge in [0.15, 0.2) is 17.3 Å². The molecule has 114 valence electrons. The van der Waals surface area contributed by atoms with E-state index in [2.05, 4.69) is 0 Å². The van der Waals surface area contributed by atoms with Gasteiger partial charge in [0.05, 0.1) is 14.2 Å². The van der Waals surface area contributed by atoms with Crippen LogP contribution < -0.4 is 9.47 Å². The molecule has 0 bridgehead atoms. The van der Waals surface area contributed by atoms with Gasteiger partial charge in [-0.3, -0.25) is 4.79 Å². The highest BCUT2D eigenvalue weighted by Gasteiger charge is 2.12. The molecule has 0 fully saturated rings. The smallest absolute Gasteiger partial charge is 0.203 e. The number of phenols is 2. The van der Waals surface area contributed by atoms with Crippen molar-refractivity contribution in [2.75, 3.05) is 14.2 Å². The molecule has 5 heteroatoms. The molecular formula is C17H16O5. The van der Waals surface area contributed by atoms with Crippen LogP contribution in [0.1, 0.15) is 15.9 Å². The van der Waals surface area contributed by atoms with E-state index >= 15 is 0 Å². The second kappa shape index (κ2) is 6.67. The molecule has 2 rings (SSSR count). The van der Waals surface area contributed by atoms with Crippen molar-refractivity contribution in [3.63, 3.8) is 0 Å². The van der Waals surface area contributed by atoms with Gasteiger partial charge < -0.3 is 19.7 Å². The summed E-state index contributed by atoms with van der Waals surface area (Å²) < 4.78 is 10.2. The van der Waals surface area contributed by atoms with Crippen molar-refractivity contribution in [1.82, 2.24) is 0 Å². The average molecular weight is 300 g/mol. The maximum atomic E-state index is 12.0. The molecule has 0 unspecified atom stereocenters. The number of hydrogen-bond acceptors (Lipinski definition) is 5. The van der Waals surface area contributed by atoms with Gasteiger partial charge in [-0.1, -0.05) is 0 Å². The molecule has 0 radical (unpaired) electrons. The first-order valence-electron chi connectivity index (χ1n) is 6.52. The van der Waals surface area contributed by atoms with Crippen LogP contribution >= 0.6 is 0 Å². The zero-order valence-corrected chi connectivity index (χ0v) is 12.2. The third-order valence-electron chi connectivity index (χ3n) is 3.12. The van der Waals surface area contributed by atoms with Crippen LogP contribution in [0.2, 0.25) is 0 Å². The van der Waals surface area contributed by atoms with Crippen LogP contribution in [0.15, 0.2) is 42.5 Å². The number of benzene rings is 2. The van der Waals surface area contributed by atoms with Gasteiger partial charge in [0.1, 0.15) is 5.75 Å². The van der Waals surface area contributed by atoms with E-state index in [9.17, 15) is 15.0 Å². The highest BCUT2D eigenvalue weighted by atomic mass is 16.5. The Hall–Kier alpha value is -2.95. The van der Waals surface area contributed by atoms with Crippen molar-refractivity contribution in [3.8, 4) is 23.0 Å². The molecule has 0 aromatic heterocycles. The Labute approximate surface area is 128 Å². The van der Waals surface area contributed by atoms with Crippen LogP contribution in [-0.2, 0) is 0 Å². The summed E-state index contributed by atoms with van der Waals surface area (Å²) in [6.45, 7) is 0. The van der Waals surface area contributed by atoms with Gasteiger partial charge in [0, 0.05) is 11.1 Å². The van der Waals surface area contributed by atoms with Crippen molar-refractivity contribution in [3.05, 3.63) is 53.6 Å². The number of ether oxygens (including phenoxy) is 2. The normalized spacial score (nSPS) is 10.6. The minimum absolute atomic E-state index is 0.0954. The van der Waals surface area contributed by atoms with E-state index in [-0.39, 0.29) is 23.0 Å². The lowest BCUT2D eigenvalue weighted by Gasteiger charge is -2.10. The summed E-state index contributed by atoms with van der Waals surface area (Å²) in [5.41, 5.74) is 0.874. The largest absolute Gasteiger partial charge is 0.508 e. The second-order valence-electron chi connectivity index (χ2n) is 4.48. The standard InChI is InChI=1S/C17H16O5/c1-21-15-10-6-12(16(20)17(15)22-2)5-9-14(19)11-3-7-13(18)8-4-11/h3-10,18,20H,1-2H3/b9-5+. The minimum atomic E-state index is -0.241. The summed E-state index contributed by atoms with van der Waals surface area (Å²) in [6.07, 6.45) is 2.83. The van der Waals surface area contributed by atoms with E-state index in [1.165, 1.54) is 50.6 Å². The fourth-order valence-corrected chi connectivity index (χ4v) is 1.95. The second-order valence-corrected chi connectivity index (χ2v) is 4.48. The highest BCUT2D eigenvalue weighted by Crippen LogP contribution is 2.39. The number of hydrogen-bond donors (Lipinski definition) is 2. The lowest BCUT2D eigenvalue weighted by molar-refractivity contribution is 0.104. The number of phenolic OH excluding ortho intramolecular Hbond substituents is 2. The van der Waals surface area contributed by atoms with Gasteiger partial charge in [-0.25, -0.2) is 0 Å². The van der Waals surface area contributed by atoms with Crippen molar-refractivity contribution in [2.45, 2.75) is 0 Å². The van der Waals surface area contributed by atoms with E-state index in [1.54, 1.807) is 12.1 Å². The van der Waals surface area contributed by atoms with Gasteiger partial charge >= 0.3 is 0 Å². The van der Waals surface area contributed by atoms with Crippen LogP contribution in [0.5, 0.6) is 23.0 Å². The Bertz CT molecular complexity index is 702. The maximum Gasteiger partial charge on any atom is 0.203 e. The Balaban J connectivity index is 2.26. The molecule has 0 spiro atoms. The fraction of sp³-hybridized carbons (Fsp3) is 0.118. The number of rotatable bonds is 5. The lowest BCUT2D eigenvalue weighted by Crippen LogP contribution is -1.94. The first-order chi connectivity index (χ1) is 10.6. The number of ketones is 1. The predicted octanol–water partition coefficient (Wildman–Crippen LogP) is 3.01. The van der Waals surface area contributed by atoms with Gasteiger partial charge in [-0.2, -0.15) is 0 Å². The van der Waals surface area contributed by atoms with Crippen molar-refractivity contribution in [2.24, 2.45) is 0 Å². The van der Waals surface area contributed by atoms with E-state index in [1.807, 2.05) is 0 Å². The Kier molecular flexibility index (Phi) is 4.68. The Morgan fingerprint density at radius 3 is 2.27 bits per heavy atom. The molecule has 0 saturated carbocycles. The van der Waals surface area contributed by atoms with E-state index in [4.69, 9.17) is 9.47 Å². The topological polar surface area (TPSA) is 76.0 Å². The van der Waals surface area contributed by atoms with Crippen LogP contribution in [-0.4, -0.2) is 30.2 Å². The molecule has 22 heavy (non-hydrogen) atoms. The molecule has 0 atom stereocenters. The highest BCUT2D eigenvalue weighted by molar-refractivity contribution is 6.07. The molecule has 2 aromatic rings. The molecule has 2 N–H and O–H groups in total. The third-order valence-corrected chi connectivity index (χ3v) is 3.12. The first-order valence-corrected chi connectivity index (χ1v) is 6.52. The van der Waals surface area contributed by atoms with E-state index in [0.29, 0.717) is 16.9 Å². The molecule has 0 aliphatic heterocycles. The van der Waals surface area contributed by atoms with Crippen LogP contribution in [0.3, 0.4) is 0 Å². The lowest BCUT2D eigenvalue weighted by atomic mass is 10.1. The molecule has 5 nitrogen and oxygen atoms in total. The van der Waals surface area contributed by atoms with Crippen LogP contribution in [0.4, 0.5) is 0 Å². The fourth-order valence-electron chi connectivity index (χ4n) is 1.95. The molecule has 2 aromatic carbocycles. The number of allylic oxidation sites excluding steroid dienone is 1. The van der Waals surface area contributed by atoms with Crippen molar-refractivity contribution < 1.29 is 24.5 Å². The van der Waals surface area contributed by atoms with Gasteiger partial charge in [0.25, 0.3) is 0 Å². The quantitative estimate of drug-likeness (QED) is 0.655. The van der Waals surface area contributed by atoms with E-state index < -0.39 is 0 Å². The SMILES string of the molecule is COc1ccc(/C=C/C(=O)c2ccc(O)cc2)c(O)c1OC. The minimum Gasteiger partial charge on any atom is -0.508 e. The molecule has 0 heterocycles. The van der Waals surface area contributed by atoms with Gasteiger partial charge in [0.2, 0.25) is 5.75 Å². The third kappa shape index (κ3) is 3.20. The molecule has 0 saturated heterocycles. The van der Waals surface area contributed by atoms with Crippen molar-refractivity contribution in [1.29, 1.82) is 0 Å². The van der Waals surface area contributed by atoms with Crippen molar-refractivity contribution >= 4 is 11.9 Å². The summed E-state index contributed by atoms with van der Waals surface area (Å²) in [6, 6.07) is 9.19. The zero-order valence-electron chi connectivity index (χ0n) is 12.2. The zero-order chi connectivity index (χ0) is 16.1. The number of carbonyl (C=O) groups excluding carboxylic acids is 1. The molecular weight excluding hydrogens is 284 g/mol. The summed E-state index contributed by atoms with van der Waals surface area (Å²) in [7, 11) is 2.90. The number of aromatic hydroxyl groups is 2. The summed E-state index contributed by atoms with van der Waals surface area (Å²) in [4.78, 5) is 12.0. The first kappa shape index (κ1) is 15.4. The number of carbonyl (C=O) groups is 1. The van der Waals surface area contributed by atoms with E-state index in [0.717, 1.165) is 0 Å². The molecule has 0 aliphatic rings. The predicted molar refractivity (Wildman–Crippen MR) is 82.7 cm³/mol. The van der Waals surface area contributed by atoms with Gasteiger partial charge in [-0.05, 0) is 48.6 Å². The Morgan fingerprint density at radius 1 is 1.00 bits per heavy atom. The van der Waals surface area contributed by atoms with Gasteiger partial charge in [-0.15, -0.1) is 0 Å². The Morgan fingerprint density at radius 2 is 1.68 bits per heavy atom. The maximum absolute atomic E-state index is 12.0.